The predicted molar refractivity (Wildman–Crippen MR) is 85.6 cm³/mol. The second-order valence-electron chi connectivity index (χ2n) is 4.94. The van der Waals surface area contributed by atoms with Gasteiger partial charge in [-0.1, -0.05) is 30.3 Å². The number of halogens is 3. The largest absolute Gasteiger partial charge is 0.411 e. The monoisotopic (exact) mass is 331 g/mol. The van der Waals surface area contributed by atoms with Crippen LogP contribution in [-0.4, -0.2) is 45.0 Å². The molecule has 0 aliphatic carbocycles. The Kier molecular flexibility index (Phi) is 9.12. The Hall–Kier alpha value is -1.76. The summed E-state index contributed by atoms with van der Waals surface area (Å²) in [5, 5.41) is 6.30. The molecule has 0 fully saturated rings. The molecule has 0 amide bonds. The van der Waals surface area contributed by atoms with Gasteiger partial charge in [-0.3, -0.25) is 4.99 Å². The van der Waals surface area contributed by atoms with Gasteiger partial charge in [0.25, 0.3) is 0 Å². The van der Waals surface area contributed by atoms with Gasteiger partial charge >= 0.3 is 6.18 Å². The summed E-state index contributed by atoms with van der Waals surface area (Å²) in [5.74, 6) is 0.666. The van der Waals surface area contributed by atoms with Gasteiger partial charge in [0.1, 0.15) is 6.61 Å². The van der Waals surface area contributed by atoms with Crippen LogP contribution in [0.2, 0.25) is 0 Å². The molecule has 0 heterocycles. The van der Waals surface area contributed by atoms with Crippen LogP contribution >= 0.6 is 0 Å². The summed E-state index contributed by atoms with van der Waals surface area (Å²) in [7, 11) is 0. The number of alkyl halides is 3. The highest BCUT2D eigenvalue weighted by Crippen LogP contribution is 2.14. The molecule has 1 rings (SSSR count). The molecule has 0 bridgehead atoms. The van der Waals surface area contributed by atoms with Crippen molar-refractivity contribution in [1.29, 1.82) is 0 Å². The SMILES string of the molecule is CCNC(=NCCCOCC(F)(F)F)NCCc1ccccc1. The first kappa shape index (κ1) is 19.3. The number of benzene rings is 1. The van der Waals surface area contributed by atoms with Gasteiger partial charge in [0, 0.05) is 26.2 Å². The molecule has 1 aromatic rings. The fourth-order valence-electron chi connectivity index (χ4n) is 1.86. The van der Waals surface area contributed by atoms with E-state index in [1.165, 1.54) is 5.56 Å². The Morgan fingerprint density at radius 1 is 1.17 bits per heavy atom. The van der Waals surface area contributed by atoms with Crippen molar-refractivity contribution in [3.8, 4) is 0 Å². The minimum absolute atomic E-state index is 0.0480. The van der Waals surface area contributed by atoms with Crippen LogP contribution in [0, 0.1) is 0 Å². The van der Waals surface area contributed by atoms with E-state index in [0.717, 1.165) is 19.5 Å². The fraction of sp³-hybridized carbons (Fsp3) is 0.562. The summed E-state index contributed by atoms with van der Waals surface area (Å²) >= 11 is 0. The summed E-state index contributed by atoms with van der Waals surface area (Å²) in [4.78, 5) is 4.31. The summed E-state index contributed by atoms with van der Waals surface area (Å²) in [6, 6.07) is 10.1. The van der Waals surface area contributed by atoms with Crippen molar-refractivity contribution in [2.24, 2.45) is 4.99 Å². The van der Waals surface area contributed by atoms with E-state index < -0.39 is 12.8 Å². The fourth-order valence-corrected chi connectivity index (χ4v) is 1.86. The van der Waals surface area contributed by atoms with Crippen LogP contribution in [0.5, 0.6) is 0 Å². The van der Waals surface area contributed by atoms with E-state index in [1.54, 1.807) is 0 Å². The molecule has 4 nitrogen and oxygen atoms in total. The zero-order chi connectivity index (χ0) is 17.0. The van der Waals surface area contributed by atoms with Crippen molar-refractivity contribution >= 4 is 5.96 Å². The Balaban J connectivity index is 2.22. The number of ether oxygens (including phenoxy) is 1. The third-order valence-corrected chi connectivity index (χ3v) is 2.88. The van der Waals surface area contributed by atoms with Crippen LogP contribution in [-0.2, 0) is 11.2 Å². The number of nitrogens with one attached hydrogen (secondary N) is 2. The quantitative estimate of drug-likeness (QED) is 0.415. The highest BCUT2D eigenvalue weighted by atomic mass is 19.4. The smallest absolute Gasteiger partial charge is 0.372 e. The normalized spacial score (nSPS) is 12.3. The van der Waals surface area contributed by atoms with E-state index in [4.69, 9.17) is 0 Å². The topological polar surface area (TPSA) is 45.7 Å². The van der Waals surface area contributed by atoms with E-state index in [-0.39, 0.29) is 6.61 Å². The van der Waals surface area contributed by atoms with Crippen molar-refractivity contribution in [2.45, 2.75) is 25.9 Å². The maximum absolute atomic E-state index is 11.9. The summed E-state index contributed by atoms with van der Waals surface area (Å²) in [5.41, 5.74) is 1.23. The van der Waals surface area contributed by atoms with Gasteiger partial charge in [0.05, 0.1) is 0 Å². The van der Waals surface area contributed by atoms with Gasteiger partial charge < -0.3 is 15.4 Å². The molecule has 0 aliphatic heterocycles. The second-order valence-corrected chi connectivity index (χ2v) is 4.94. The highest BCUT2D eigenvalue weighted by molar-refractivity contribution is 5.79. The standard InChI is InChI=1S/C16H24F3N3O/c1-2-20-15(21-10-6-12-23-13-16(17,18)19)22-11-9-14-7-4-3-5-8-14/h3-5,7-8H,2,6,9-13H2,1H3,(H2,20,21,22). The number of rotatable bonds is 9. The molecule has 1 aromatic carbocycles. The van der Waals surface area contributed by atoms with Crippen molar-refractivity contribution in [3.05, 3.63) is 35.9 Å². The molecular weight excluding hydrogens is 307 g/mol. The van der Waals surface area contributed by atoms with E-state index in [1.807, 2.05) is 25.1 Å². The zero-order valence-electron chi connectivity index (χ0n) is 13.3. The lowest BCUT2D eigenvalue weighted by Crippen LogP contribution is -2.38. The maximum Gasteiger partial charge on any atom is 0.411 e. The van der Waals surface area contributed by atoms with Gasteiger partial charge in [-0.2, -0.15) is 13.2 Å². The molecule has 0 radical (unpaired) electrons. The summed E-state index contributed by atoms with van der Waals surface area (Å²) < 4.78 is 40.2. The van der Waals surface area contributed by atoms with Gasteiger partial charge in [0.2, 0.25) is 0 Å². The van der Waals surface area contributed by atoms with Crippen LogP contribution < -0.4 is 10.6 Å². The number of hydrogen-bond donors (Lipinski definition) is 2. The second kappa shape index (κ2) is 10.9. The third kappa shape index (κ3) is 10.6. The van der Waals surface area contributed by atoms with Crippen molar-refractivity contribution in [2.75, 3.05) is 32.8 Å². The molecule has 0 atom stereocenters. The van der Waals surface area contributed by atoms with E-state index in [2.05, 4.69) is 32.5 Å². The van der Waals surface area contributed by atoms with Crippen molar-refractivity contribution in [1.82, 2.24) is 10.6 Å². The first-order valence-electron chi connectivity index (χ1n) is 7.72. The maximum atomic E-state index is 11.9. The average molecular weight is 331 g/mol. The van der Waals surface area contributed by atoms with Crippen molar-refractivity contribution in [3.63, 3.8) is 0 Å². The number of nitrogens with zero attached hydrogens (tertiary/aromatic N) is 1. The number of hydrogen-bond acceptors (Lipinski definition) is 2. The van der Waals surface area contributed by atoms with Gasteiger partial charge in [-0.15, -0.1) is 0 Å². The number of aliphatic imine (C=N–C) groups is 1. The minimum Gasteiger partial charge on any atom is -0.372 e. The molecule has 0 unspecified atom stereocenters. The Bertz CT molecular complexity index is 450. The number of guanidine groups is 1. The average Bonchev–Trinajstić information content (AvgIpc) is 2.50. The lowest BCUT2D eigenvalue weighted by atomic mass is 10.1. The van der Waals surface area contributed by atoms with Gasteiger partial charge in [-0.25, -0.2) is 0 Å². The van der Waals surface area contributed by atoms with Crippen LogP contribution in [0.3, 0.4) is 0 Å². The van der Waals surface area contributed by atoms with Crippen LogP contribution in [0.25, 0.3) is 0 Å². The molecule has 0 aliphatic rings. The Morgan fingerprint density at radius 2 is 1.91 bits per heavy atom. The summed E-state index contributed by atoms with van der Waals surface area (Å²) in [6.45, 7) is 2.68. The van der Waals surface area contributed by atoms with Crippen LogP contribution in [0.4, 0.5) is 13.2 Å². The van der Waals surface area contributed by atoms with Gasteiger partial charge in [0.15, 0.2) is 5.96 Å². The molecule has 0 aromatic heterocycles. The highest BCUT2D eigenvalue weighted by Gasteiger charge is 2.27. The van der Waals surface area contributed by atoms with Gasteiger partial charge in [-0.05, 0) is 25.3 Å². The summed E-state index contributed by atoms with van der Waals surface area (Å²) in [6.07, 6.45) is -2.94. The first-order chi connectivity index (χ1) is 11.0. The minimum atomic E-state index is -4.27. The zero-order valence-corrected chi connectivity index (χ0v) is 13.3. The Labute approximate surface area is 135 Å². The van der Waals surface area contributed by atoms with E-state index >= 15 is 0 Å². The van der Waals surface area contributed by atoms with Crippen LogP contribution in [0.1, 0.15) is 18.9 Å². The molecule has 23 heavy (non-hydrogen) atoms. The predicted octanol–water partition coefficient (Wildman–Crippen LogP) is 2.75. The molecule has 130 valence electrons. The van der Waals surface area contributed by atoms with Crippen LogP contribution in [0.15, 0.2) is 35.3 Å². The molecular formula is C16H24F3N3O. The lowest BCUT2D eigenvalue weighted by Gasteiger charge is -2.11. The first-order valence-corrected chi connectivity index (χ1v) is 7.72. The molecule has 0 saturated carbocycles. The Morgan fingerprint density at radius 3 is 2.57 bits per heavy atom. The molecule has 7 heteroatoms. The van der Waals surface area contributed by atoms with E-state index in [9.17, 15) is 13.2 Å². The molecule has 2 N–H and O–H groups in total. The van der Waals surface area contributed by atoms with Crippen molar-refractivity contribution < 1.29 is 17.9 Å². The third-order valence-electron chi connectivity index (χ3n) is 2.88. The lowest BCUT2D eigenvalue weighted by molar-refractivity contribution is -0.173. The molecule has 0 spiro atoms. The molecule has 0 saturated heterocycles. The van der Waals surface area contributed by atoms with E-state index in [0.29, 0.717) is 18.9 Å².